The molecule has 0 spiro atoms. The molecule has 138 valence electrons. The molecule has 0 saturated carbocycles. The van der Waals surface area contributed by atoms with Crippen molar-refractivity contribution >= 4 is 29.5 Å². The first kappa shape index (κ1) is 21.0. The Morgan fingerprint density at radius 1 is 1.12 bits per heavy atom. The molecule has 7 heteroatoms. The summed E-state index contributed by atoms with van der Waals surface area (Å²) in [6.45, 7) is 6.23. The van der Waals surface area contributed by atoms with Gasteiger partial charge in [0.25, 0.3) is 0 Å². The standard InChI is InChI=1S/C18H27N3O3S/c1-4-25-14-7-5-13(6-8-14)11-20-18(24)15(10-16(19)22)21-17(23)9-12(2)3/h5-8,12,15H,4,9-11H2,1-3H3,(H2,19,22)(H,20,24)(H,21,23). The summed E-state index contributed by atoms with van der Waals surface area (Å²) in [5.41, 5.74) is 6.13. The number of hydrogen-bond acceptors (Lipinski definition) is 4. The van der Waals surface area contributed by atoms with Crippen LogP contribution in [0.3, 0.4) is 0 Å². The van der Waals surface area contributed by atoms with Crippen LogP contribution in [0, 0.1) is 5.92 Å². The summed E-state index contributed by atoms with van der Waals surface area (Å²) in [5, 5.41) is 5.33. The highest BCUT2D eigenvalue weighted by atomic mass is 32.2. The van der Waals surface area contributed by atoms with E-state index in [4.69, 9.17) is 5.73 Å². The van der Waals surface area contributed by atoms with Crippen molar-refractivity contribution in [2.45, 2.75) is 51.1 Å². The largest absolute Gasteiger partial charge is 0.370 e. The average molecular weight is 365 g/mol. The lowest BCUT2D eigenvalue weighted by molar-refractivity contribution is -0.131. The third-order valence-electron chi connectivity index (χ3n) is 3.35. The number of thioether (sulfide) groups is 1. The Bertz CT molecular complexity index is 588. The van der Waals surface area contributed by atoms with Gasteiger partial charge in [0.05, 0.1) is 6.42 Å². The fraction of sp³-hybridized carbons (Fsp3) is 0.500. The lowest BCUT2D eigenvalue weighted by Crippen LogP contribution is -2.48. The Hall–Kier alpha value is -2.02. The highest BCUT2D eigenvalue weighted by molar-refractivity contribution is 7.99. The minimum Gasteiger partial charge on any atom is -0.370 e. The molecule has 0 radical (unpaired) electrons. The van der Waals surface area contributed by atoms with Gasteiger partial charge in [0.15, 0.2) is 0 Å². The van der Waals surface area contributed by atoms with Crippen molar-refractivity contribution in [3.8, 4) is 0 Å². The molecule has 0 heterocycles. The van der Waals surface area contributed by atoms with E-state index < -0.39 is 17.9 Å². The maximum atomic E-state index is 12.3. The number of benzene rings is 1. The minimum atomic E-state index is -0.946. The van der Waals surface area contributed by atoms with Crippen LogP contribution in [0.25, 0.3) is 0 Å². The molecule has 25 heavy (non-hydrogen) atoms. The van der Waals surface area contributed by atoms with Crippen molar-refractivity contribution in [1.82, 2.24) is 10.6 Å². The Balaban J connectivity index is 2.61. The van der Waals surface area contributed by atoms with Gasteiger partial charge in [0.1, 0.15) is 6.04 Å². The molecular formula is C18H27N3O3S. The molecule has 4 N–H and O–H groups in total. The number of carbonyl (C=O) groups excluding carboxylic acids is 3. The Morgan fingerprint density at radius 2 is 1.76 bits per heavy atom. The van der Waals surface area contributed by atoms with E-state index in [9.17, 15) is 14.4 Å². The van der Waals surface area contributed by atoms with Gasteiger partial charge in [-0.15, -0.1) is 11.8 Å². The lowest BCUT2D eigenvalue weighted by Gasteiger charge is -2.18. The lowest BCUT2D eigenvalue weighted by atomic mass is 10.1. The van der Waals surface area contributed by atoms with Crippen LogP contribution < -0.4 is 16.4 Å². The average Bonchev–Trinajstić information content (AvgIpc) is 2.52. The number of amides is 3. The van der Waals surface area contributed by atoms with Crippen molar-refractivity contribution in [1.29, 1.82) is 0 Å². The molecule has 0 aliphatic carbocycles. The number of rotatable bonds is 10. The molecule has 1 atom stereocenters. The van der Waals surface area contributed by atoms with Crippen molar-refractivity contribution in [3.63, 3.8) is 0 Å². The smallest absolute Gasteiger partial charge is 0.243 e. The highest BCUT2D eigenvalue weighted by Gasteiger charge is 2.22. The molecule has 3 amide bonds. The third kappa shape index (κ3) is 8.58. The first-order valence-corrected chi connectivity index (χ1v) is 9.37. The van der Waals surface area contributed by atoms with E-state index in [-0.39, 0.29) is 18.2 Å². The van der Waals surface area contributed by atoms with Gasteiger partial charge < -0.3 is 16.4 Å². The summed E-state index contributed by atoms with van der Waals surface area (Å²) in [4.78, 5) is 36.5. The predicted molar refractivity (Wildman–Crippen MR) is 99.9 cm³/mol. The highest BCUT2D eigenvalue weighted by Crippen LogP contribution is 2.17. The molecule has 1 unspecified atom stereocenters. The number of hydrogen-bond donors (Lipinski definition) is 3. The summed E-state index contributed by atoms with van der Waals surface area (Å²) in [7, 11) is 0. The second-order valence-electron chi connectivity index (χ2n) is 6.18. The topological polar surface area (TPSA) is 101 Å². The van der Waals surface area contributed by atoms with Gasteiger partial charge in [-0.25, -0.2) is 0 Å². The van der Waals surface area contributed by atoms with Crippen molar-refractivity contribution in [2.24, 2.45) is 11.7 Å². The van der Waals surface area contributed by atoms with Gasteiger partial charge in [-0.2, -0.15) is 0 Å². The molecule has 1 aromatic carbocycles. The SMILES string of the molecule is CCSc1ccc(CNC(=O)C(CC(N)=O)NC(=O)CC(C)C)cc1. The maximum absolute atomic E-state index is 12.3. The van der Waals surface area contributed by atoms with Crippen LogP contribution in [0.2, 0.25) is 0 Å². The zero-order chi connectivity index (χ0) is 18.8. The van der Waals surface area contributed by atoms with Crippen molar-refractivity contribution in [3.05, 3.63) is 29.8 Å². The van der Waals surface area contributed by atoms with E-state index >= 15 is 0 Å². The maximum Gasteiger partial charge on any atom is 0.243 e. The second-order valence-corrected chi connectivity index (χ2v) is 7.52. The summed E-state index contributed by atoms with van der Waals surface area (Å²) < 4.78 is 0. The van der Waals surface area contributed by atoms with Crippen LogP contribution in [0.4, 0.5) is 0 Å². The number of carbonyl (C=O) groups is 3. The second kappa shape index (κ2) is 10.8. The Kier molecular flexibility index (Phi) is 9.05. The van der Waals surface area contributed by atoms with Crippen LogP contribution in [0.5, 0.6) is 0 Å². The third-order valence-corrected chi connectivity index (χ3v) is 4.25. The van der Waals surface area contributed by atoms with Crippen LogP contribution in [0.15, 0.2) is 29.2 Å². The first-order valence-electron chi connectivity index (χ1n) is 8.39. The van der Waals surface area contributed by atoms with Gasteiger partial charge in [-0.3, -0.25) is 14.4 Å². The molecule has 6 nitrogen and oxygen atoms in total. The van der Waals surface area contributed by atoms with Gasteiger partial charge in [-0.05, 0) is 29.4 Å². The van der Waals surface area contributed by atoms with Crippen LogP contribution in [-0.4, -0.2) is 29.5 Å². The Labute approximate surface area is 153 Å². The molecule has 1 rings (SSSR count). The van der Waals surface area contributed by atoms with Crippen LogP contribution in [-0.2, 0) is 20.9 Å². The van der Waals surface area contributed by atoms with Crippen LogP contribution >= 0.6 is 11.8 Å². The van der Waals surface area contributed by atoms with Gasteiger partial charge >= 0.3 is 0 Å². The number of nitrogens with two attached hydrogens (primary N) is 1. The number of primary amides is 1. The van der Waals surface area contributed by atoms with Crippen molar-refractivity contribution in [2.75, 3.05) is 5.75 Å². The quantitative estimate of drug-likeness (QED) is 0.551. The molecule has 0 saturated heterocycles. The van der Waals surface area contributed by atoms with Gasteiger partial charge in [0.2, 0.25) is 17.7 Å². The predicted octanol–water partition coefficient (Wildman–Crippen LogP) is 1.82. The fourth-order valence-electron chi connectivity index (χ4n) is 2.22. The van der Waals surface area contributed by atoms with Gasteiger partial charge in [-0.1, -0.05) is 32.9 Å². The van der Waals surface area contributed by atoms with E-state index in [1.165, 1.54) is 4.90 Å². The van der Waals surface area contributed by atoms with Crippen molar-refractivity contribution < 1.29 is 14.4 Å². The monoisotopic (exact) mass is 365 g/mol. The van der Waals surface area contributed by atoms with E-state index in [2.05, 4.69) is 17.6 Å². The van der Waals surface area contributed by atoms with Gasteiger partial charge in [0, 0.05) is 17.9 Å². The first-order chi connectivity index (χ1) is 11.8. The van der Waals surface area contributed by atoms with E-state index in [1.807, 2.05) is 38.1 Å². The van der Waals surface area contributed by atoms with Crippen LogP contribution in [0.1, 0.15) is 39.2 Å². The zero-order valence-electron chi connectivity index (χ0n) is 15.0. The molecule has 0 bridgehead atoms. The Morgan fingerprint density at radius 3 is 2.28 bits per heavy atom. The molecule has 1 aromatic rings. The van der Waals surface area contributed by atoms with E-state index in [0.29, 0.717) is 13.0 Å². The molecule has 0 aliphatic heterocycles. The fourth-order valence-corrected chi connectivity index (χ4v) is 2.88. The normalized spacial score (nSPS) is 11.8. The summed E-state index contributed by atoms with van der Waals surface area (Å²) >= 11 is 1.75. The van der Waals surface area contributed by atoms with E-state index in [0.717, 1.165) is 11.3 Å². The minimum absolute atomic E-state index is 0.164. The number of nitrogens with one attached hydrogen (secondary N) is 2. The van der Waals surface area contributed by atoms with E-state index in [1.54, 1.807) is 11.8 Å². The molecular weight excluding hydrogens is 338 g/mol. The zero-order valence-corrected chi connectivity index (χ0v) is 15.8. The summed E-state index contributed by atoms with van der Waals surface area (Å²) in [5.74, 6) is -0.149. The molecule has 0 aliphatic rings. The summed E-state index contributed by atoms with van der Waals surface area (Å²) in [6.07, 6.45) is 0.0703. The molecule has 0 aromatic heterocycles. The summed E-state index contributed by atoms with van der Waals surface area (Å²) in [6, 6.07) is 6.94. The molecule has 0 fully saturated rings.